The van der Waals surface area contributed by atoms with Gasteiger partial charge >= 0.3 is 0 Å². The fourth-order valence-electron chi connectivity index (χ4n) is 2.19. The Labute approximate surface area is 99.8 Å². The summed E-state index contributed by atoms with van der Waals surface area (Å²) < 4.78 is 5.37. The van der Waals surface area contributed by atoms with Crippen LogP contribution >= 0.6 is 0 Å². The Kier molecular flexibility index (Phi) is 2.60. The molecule has 0 aromatic carbocycles. The normalized spacial score (nSPS) is 16.4. The molecule has 0 bridgehead atoms. The van der Waals surface area contributed by atoms with Gasteiger partial charge in [0.25, 0.3) is 0 Å². The predicted octanol–water partition coefficient (Wildman–Crippen LogP) is 1.44. The Hall–Kier alpha value is -1.75. The first-order valence-electron chi connectivity index (χ1n) is 5.86. The first-order valence-corrected chi connectivity index (χ1v) is 5.86. The van der Waals surface area contributed by atoms with Crippen LogP contribution in [0.1, 0.15) is 0 Å². The van der Waals surface area contributed by atoms with Crippen LogP contribution in [0.3, 0.4) is 0 Å². The highest BCUT2D eigenvalue weighted by Crippen LogP contribution is 2.28. The fourth-order valence-corrected chi connectivity index (χ4v) is 2.19. The van der Waals surface area contributed by atoms with E-state index in [-0.39, 0.29) is 0 Å². The van der Waals surface area contributed by atoms with Crippen molar-refractivity contribution in [3.63, 3.8) is 0 Å². The van der Waals surface area contributed by atoms with E-state index in [9.17, 15) is 0 Å². The third-order valence-corrected chi connectivity index (χ3v) is 3.15. The Balaban J connectivity index is 2.02. The second-order valence-corrected chi connectivity index (χ2v) is 4.14. The lowest BCUT2D eigenvalue weighted by Crippen LogP contribution is -2.36. The number of hydrogen-bond donors (Lipinski definition) is 2. The Bertz CT molecular complexity index is 516. The summed E-state index contributed by atoms with van der Waals surface area (Å²) in [5.41, 5.74) is 3.19. The number of hydrogen-bond acceptors (Lipinski definition) is 4. The van der Waals surface area contributed by atoms with Crippen LogP contribution in [-0.4, -0.2) is 43.3 Å². The van der Waals surface area contributed by atoms with E-state index in [4.69, 9.17) is 4.74 Å². The minimum absolute atomic E-state index is 0.797. The quantitative estimate of drug-likeness (QED) is 0.822. The van der Waals surface area contributed by atoms with Gasteiger partial charge in [-0.25, -0.2) is 4.98 Å². The molecule has 5 heteroatoms. The van der Waals surface area contributed by atoms with Crippen LogP contribution in [0.4, 0.5) is 11.4 Å². The smallest absolute Gasteiger partial charge is 0.139 e. The largest absolute Gasteiger partial charge is 0.387 e. The molecule has 0 spiro atoms. The minimum atomic E-state index is 0.797. The van der Waals surface area contributed by atoms with Crippen molar-refractivity contribution in [3.8, 4) is 0 Å². The van der Waals surface area contributed by atoms with Crippen molar-refractivity contribution < 1.29 is 4.74 Å². The number of aromatic nitrogens is 2. The lowest BCUT2D eigenvalue weighted by atomic mass is 10.2. The molecule has 0 aliphatic carbocycles. The predicted molar refractivity (Wildman–Crippen MR) is 68.7 cm³/mol. The van der Waals surface area contributed by atoms with Gasteiger partial charge < -0.3 is 19.9 Å². The Morgan fingerprint density at radius 1 is 1.41 bits per heavy atom. The molecular formula is C12H16N4O. The van der Waals surface area contributed by atoms with Crippen molar-refractivity contribution in [2.24, 2.45) is 0 Å². The van der Waals surface area contributed by atoms with Crippen LogP contribution in [0, 0.1) is 0 Å². The van der Waals surface area contributed by atoms with E-state index in [1.807, 2.05) is 19.4 Å². The first kappa shape index (κ1) is 10.4. The number of aromatic amines is 1. The minimum Gasteiger partial charge on any atom is -0.387 e. The molecule has 1 aliphatic heterocycles. The van der Waals surface area contributed by atoms with Gasteiger partial charge in [-0.1, -0.05) is 0 Å². The molecule has 3 rings (SSSR count). The van der Waals surface area contributed by atoms with Crippen LogP contribution in [-0.2, 0) is 4.74 Å². The lowest BCUT2D eigenvalue weighted by molar-refractivity contribution is 0.123. The molecule has 0 saturated carbocycles. The zero-order valence-electron chi connectivity index (χ0n) is 9.86. The summed E-state index contributed by atoms with van der Waals surface area (Å²) in [6.45, 7) is 3.48. The van der Waals surface area contributed by atoms with Crippen molar-refractivity contribution in [2.45, 2.75) is 0 Å². The lowest BCUT2D eigenvalue weighted by Gasteiger charge is -2.28. The van der Waals surface area contributed by atoms with Gasteiger partial charge in [-0.05, 0) is 6.07 Å². The second kappa shape index (κ2) is 4.25. The van der Waals surface area contributed by atoms with E-state index in [1.165, 1.54) is 11.1 Å². The molecule has 0 atom stereocenters. The van der Waals surface area contributed by atoms with Gasteiger partial charge in [-0.2, -0.15) is 0 Å². The van der Waals surface area contributed by atoms with Crippen LogP contribution in [0.15, 0.2) is 18.5 Å². The van der Waals surface area contributed by atoms with Gasteiger partial charge in [-0.15, -0.1) is 0 Å². The van der Waals surface area contributed by atoms with Gasteiger partial charge in [-0.3, -0.25) is 0 Å². The van der Waals surface area contributed by atoms with Crippen molar-refractivity contribution in [1.82, 2.24) is 9.97 Å². The fraction of sp³-hybridized carbons (Fsp3) is 0.417. The summed E-state index contributed by atoms with van der Waals surface area (Å²) in [6.07, 6.45) is 3.87. The Morgan fingerprint density at radius 2 is 2.24 bits per heavy atom. The Morgan fingerprint density at radius 3 is 3.00 bits per heavy atom. The maximum absolute atomic E-state index is 5.37. The summed E-state index contributed by atoms with van der Waals surface area (Å²) in [4.78, 5) is 9.94. The molecule has 0 amide bonds. The van der Waals surface area contributed by atoms with E-state index in [2.05, 4.69) is 26.3 Å². The third kappa shape index (κ3) is 1.82. The summed E-state index contributed by atoms with van der Waals surface area (Å²) in [5, 5.41) is 4.28. The zero-order chi connectivity index (χ0) is 11.7. The molecule has 2 N–H and O–H groups in total. The van der Waals surface area contributed by atoms with Crippen LogP contribution in [0.25, 0.3) is 11.0 Å². The average molecular weight is 232 g/mol. The highest BCUT2D eigenvalue weighted by molar-refractivity contribution is 5.92. The maximum Gasteiger partial charge on any atom is 0.139 e. The number of nitrogens with one attached hydrogen (secondary N) is 2. The van der Waals surface area contributed by atoms with Crippen LogP contribution in [0.2, 0.25) is 0 Å². The van der Waals surface area contributed by atoms with Gasteiger partial charge in [0, 0.05) is 31.7 Å². The van der Waals surface area contributed by atoms with Crippen molar-refractivity contribution in [2.75, 3.05) is 43.6 Å². The summed E-state index contributed by atoms with van der Waals surface area (Å²) in [6, 6.07) is 2.13. The van der Waals surface area contributed by atoms with Crippen LogP contribution < -0.4 is 10.2 Å². The SMILES string of the molecule is CNc1cnc2[nH]cc(N3CCOCC3)c2c1. The van der Waals surface area contributed by atoms with E-state index >= 15 is 0 Å². The van der Waals surface area contributed by atoms with Gasteiger partial charge in [0.1, 0.15) is 5.65 Å². The number of anilines is 2. The summed E-state index contributed by atoms with van der Waals surface area (Å²) in [7, 11) is 1.91. The molecule has 1 fully saturated rings. The summed E-state index contributed by atoms with van der Waals surface area (Å²) >= 11 is 0. The molecule has 1 saturated heterocycles. The number of H-pyrrole nitrogens is 1. The molecule has 5 nitrogen and oxygen atoms in total. The molecule has 3 heterocycles. The van der Waals surface area contributed by atoms with E-state index in [0.717, 1.165) is 37.6 Å². The highest BCUT2D eigenvalue weighted by atomic mass is 16.5. The molecule has 1 aliphatic rings. The standard InChI is InChI=1S/C12H16N4O/c1-13-9-6-10-11(8-15-12(10)14-7-9)16-2-4-17-5-3-16/h6-8,13H,2-5H2,1H3,(H,14,15). The molecular weight excluding hydrogens is 216 g/mol. The monoisotopic (exact) mass is 232 g/mol. The van der Waals surface area contributed by atoms with Crippen molar-refractivity contribution in [1.29, 1.82) is 0 Å². The maximum atomic E-state index is 5.37. The van der Waals surface area contributed by atoms with E-state index in [0.29, 0.717) is 0 Å². The second-order valence-electron chi connectivity index (χ2n) is 4.14. The number of fused-ring (bicyclic) bond motifs is 1. The molecule has 2 aromatic heterocycles. The molecule has 17 heavy (non-hydrogen) atoms. The van der Waals surface area contributed by atoms with Crippen molar-refractivity contribution >= 4 is 22.4 Å². The number of pyridine rings is 1. The molecule has 0 radical (unpaired) electrons. The number of ether oxygens (including phenoxy) is 1. The van der Waals surface area contributed by atoms with Crippen molar-refractivity contribution in [3.05, 3.63) is 18.5 Å². The number of rotatable bonds is 2. The molecule has 0 unspecified atom stereocenters. The number of morpholine rings is 1. The van der Waals surface area contributed by atoms with E-state index in [1.54, 1.807) is 0 Å². The van der Waals surface area contributed by atoms with Gasteiger partial charge in [0.15, 0.2) is 0 Å². The summed E-state index contributed by atoms with van der Waals surface area (Å²) in [5.74, 6) is 0. The van der Waals surface area contributed by atoms with Crippen LogP contribution in [0.5, 0.6) is 0 Å². The van der Waals surface area contributed by atoms with Gasteiger partial charge in [0.05, 0.1) is 30.8 Å². The van der Waals surface area contributed by atoms with E-state index < -0.39 is 0 Å². The average Bonchev–Trinajstić information content (AvgIpc) is 2.82. The molecule has 2 aromatic rings. The molecule has 90 valence electrons. The van der Waals surface area contributed by atoms with Gasteiger partial charge in [0.2, 0.25) is 0 Å². The third-order valence-electron chi connectivity index (χ3n) is 3.15. The number of nitrogens with zero attached hydrogens (tertiary/aromatic N) is 2. The zero-order valence-corrected chi connectivity index (χ0v) is 9.86. The first-order chi connectivity index (χ1) is 8.38. The topological polar surface area (TPSA) is 53.2 Å². The highest BCUT2D eigenvalue weighted by Gasteiger charge is 2.15.